The topological polar surface area (TPSA) is 34.4 Å². The molecule has 114 valence electrons. The first-order valence-corrected chi connectivity index (χ1v) is 7.97. The Hall–Kier alpha value is -3.20. The second-order valence-electron chi connectivity index (χ2n) is 6.06. The second kappa shape index (κ2) is 4.65. The van der Waals surface area contributed by atoms with Crippen molar-refractivity contribution in [3.63, 3.8) is 0 Å². The van der Waals surface area contributed by atoms with Gasteiger partial charge in [0.05, 0.1) is 16.6 Å². The van der Waals surface area contributed by atoms with E-state index in [1.807, 2.05) is 55.5 Å². The molecule has 3 heteroatoms. The van der Waals surface area contributed by atoms with Crippen LogP contribution in [0.15, 0.2) is 71.7 Å². The molecule has 3 nitrogen and oxygen atoms in total. The summed E-state index contributed by atoms with van der Waals surface area (Å²) in [5, 5.41) is 2.23. The van der Waals surface area contributed by atoms with E-state index in [4.69, 9.17) is 0 Å². The highest BCUT2D eigenvalue weighted by Crippen LogP contribution is 2.33. The monoisotopic (exact) mass is 310 g/mol. The molecule has 0 saturated heterocycles. The molecule has 0 bridgehead atoms. The minimum Gasteiger partial charge on any atom is -0.310 e. The average molecular weight is 310 g/mol. The quantitative estimate of drug-likeness (QED) is 0.459. The summed E-state index contributed by atoms with van der Waals surface area (Å²) in [6, 6.07) is 20.1. The standard InChI is InChI=1S/C21H14N2O/c1-13-18(14-7-3-2-4-8-14)21(24)19-20-16(11-12-22-19)15-9-5-6-10-17(15)23(13)20/h2-12H,1H3. The molecule has 0 fully saturated rings. The summed E-state index contributed by atoms with van der Waals surface area (Å²) >= 11 is 0. The molecule has 5 rings (SSSR count). The zero-order valence-electron chi connectivity index (χ0n) is 13.2. The summed E-state index contributed by atoms with van der Waals surface area (Å²) in [7, 11) is 0. The van der Waals surface area contributed by atoms with E-state index in [0.29, 0.717) is 5.52 Å². The number of fused-ring (bicyclic) bond motifs is 3. The molecule has 0 atom stereocenters. The van der Waals surface area contributed by atoms with Gasteiger partial charge in [-0.25, -0.2) is 0 Å². The van der Waals surface area contributed by atoms with E-state index < -0.39 is 0 Å². The van der Waals surface area contributed by atoms with Crippen LogP contribution in [0, 0.1) is 6.92 Å². The fraction of sp³-hybridized carbons (Fsp3) is 0.0476. The van der Waals surface area contributed by atoms with Crippen LogP contribution in [-0.2, 0) is 0 Å². The predicted octanol–water partition coefficient (Wildman–Crippen LogP) is 4.41. The SMILES string of the molecule is Cc1c(-c2ccccc2)c(=O)c2nccc3c4ccccc4n1c23. The highest BCUT2D eigenvalue weighted by Gasteiger charge is 2.20. The molecule has 0 aliphatic carbocycles. The molecule has 3 aromatic heterocycles. The Balaban J connectivity index is 2.12. The molecule has 0 N–H and O–H groups in total. The Morgan fingerprint density at radius 1 is 0.875 bits per heavy atom. The van der Waals surface area contributed by atoms with Crippen molar-refractivity contribution in [2.75, 3.05) is 0 Å². The molecule has 5 aromatic rings. The van der Waals surface area contributed by atoms with E-state index in [1.165, 1.54) is 0 Å². The van der Waals surface area contributed by atoms with Crippen molar-refractivity contribution in [3.05, 3.63) is 82.8 Å². The summed E-state index contributed by atoms with van der Waals surface area (Å²) in [4.78, 5) is 17.6. The Bertz CT molecular complexity index is 1270. The fourth-order valence-electron chi connectivity index (χ4n) is 3.77. The Morgan fingerprint density at radius 3 is 2.46 bits per heavy atom. The molecule has 0 aliphatic heterocycles. The van der Waals surface area contributed by atoms with Crippen molar-refractivity contribution in [2.45, 2.75) is 6.92 Å². The molecule has 3 heterocycles. The summed E-state index contributed by atoms with van der Waals surface area (Å²) in [6.07, 6.45) is 1.73. The van der Waals surface area contributed by atoms with Crippen LogP contribution < -0.4 is 5.43 Å². The first kappa shape index (κ1) is 13.3. The summed E-state index contributed by atoms with van der Waals surface area (Å²) < 4.78 is 2.18. The molecule has 24 heavy (non-hydrogen) atoms. The number of rotatable bonds is 1. The van der Waals surface area contributed by atoms with Gasteiger partial charge in [0, 0.05) is 22.7 Å². The molecule has 0 aliphatic rings. The van der Waals surface area contributed by atoms with Gasteiger partial charge in [-0.1, -0.05) is 48.5 Å². The number of hydrogen-bond acceptors (Lipinski definition) is 2. The largest absolute Gasteiger partial charge is 0.310 e. The van der Waals surface area contributed by atoms with Crippen molar-refractivity contribution in [1.82, 2.24) is 9.38 Å². The summed E-state index contributed by atoms with van der Waals surface area (Å²) in [5.41, 5.74) is 5.18. The third-order valence-electron chi connectivity index (χ3n) is 4.78. The van der Waals surface area contributed by atoms with E-state index in [1.54, 1.807) is 6.20 Å². The zero-order chi connectivity index (χ0) is 16.3. The van der Waals surface area contributed by atoms with Crippen LogP contribution in [0.3, 0.4) is 0 Å². The maximum absolute atomic E-state index is 13.2. The smallest absolute Gasteiger partial charge is 0.215 e. The minimum absolute atomic E-state index is 0.000365. The zero-order valence-corrected chi connectivity index (χ0v) is 13.2. The van der Waals surface area contributed by atoms with Crippen LogP contribution in [0.1, 0.15) is 5.69 Å². The second-order valence-corrected chi connectivity index (χ2v) is 6.06. The number of hydrogen-bond donors (Lipinski definition) is 0. The van der Waals surface area contributed by atoms with Gasteiger partial charge in [0.1, 0.15) is 5.52 Å². The van der Waals surface area contributed by atoms with Crippen molar-refractivity contribution in [1.29, 1.82) is 0 Å². The van der Waals surface area contributed by atoms with Gasteiger partial charge in [-0.05, 0) is 24.6 Å². The van der Waals surface area contributed by atoms with Crippen molar-refractivity contribution < 1.29 is 0 Å². The van der Waals surface area contributed by atoms with Crippen molar-refractivity contribution in [3.8, 4) is 11.1 Å². The van der Waals surface area contributed by atoms with E-state index in [2.05, 4.69) is 21.5 Å². The third kappa shape index (κ3) is 1.56. The van der Waals surface area contributed by atoms with E-state index in [0.717, 1.165) is 38.6 Å². The molecule has 0 saturated carbocycles. The fourth-order valence-corrected chi connectivity index (χ4v) is 3.77. The number of benzene rings is 2. The van der Waals surface area contributed by atoms with Gasteiger partial charge in [-0.3, -0.25) is 9.78 Å². The number of para-hydroxylation sites is 1. The van der Waals surface area contributed by atoms with Gasteiger partial charge >= 0.3 is 0 Å². The number of aromatic nitrogens is 2. The Morgan fingerprint density at radius 2 is 1.62 bits per heavy atom. The van der Waals surface area contributed by atoms with Gasteiger partial charge in [0.2, 0.25) is 5.43 Å². The van der Waals surface area contributed by atoms with Gasteiger partial charge in [0.25, 0.3) is 0 Å². The Kier molecular flexibility index (Phi) is 2.57. The normalized spacial score (nSPS) is 11.7. The minimum atomic E-state index is -0.000365. The van der Waals surface area contributed by atoms with Crippen LogP contribution in [0.2, 0.25) is 0 Å². The van der Waals surface area contributed by atoms with Crippen molar-refractivity contribution >= 4 is 27.3 Å². The van der Waals surface area contributed by atoms with Gasteiger partial charge in [0.15, 0.2) is 0 Å². The molecule has 0 amide bonds. The summed E-state index contributed by atoms with van der Waals surface area (Å²) in [6.45, 7) is 2.02. The van der Waals surface area contributed by atoms with Gasteiger partial charge < -0.3 is 4.40 Å². The van der Waals surface area contributed by atoms with Crippen LogP contribution >= 0.6 is 0 Å². The van der Waals surface area contributed by atoms with E-state index in [9.17, 15) is 4.79 Å². The molecular formula is C21H14N2O. The molecular weight excluding hydrogens is 296 g/mol. The first-order valence-electron chi connectivity index (χ1n) is 7.97. The maximum Gasteiger partial charge on any atom is 0.215 e. The first-order chi connectivity index (χ1) is 11.8. The third-order valence-corrected chi connectivity index (χ3v) is 4.78. The van der Waals surface area contributed by atoms with Crippen molar-refractivity contribution in [2.24, 2.45) is 0 Å². The van der Waals surface area contributed by atoms with E-state index >= 15 is 0 Å². The average Bonchev–Trinajstić information content (AvgIpc) is 2.96. The molecule has 2 aromatic carbocycles. The summed E-state index contributed by atoms with van der Waals surface area (Å²) in [5.74, 6) is 0. The van der Waals surface area contributed by atoms with Crippen LogP contribution in [0.4, 0.5) is 0 Å². The number of pyridine rings is 2. The number of nitrogens with zero attached hydrogens (tertiary/aromatic N) is 2. The maximum atomic E-state index is 13.2. The lowest BCUT2D eigenvalue weighted by Gasteiger charge is -2.11. The molecule has 0 radical (unpaired) electrons. The molecule has 0 unspecified atom stereocenters. The number of aryl methyl sites for hydroxylation is 1. The lowest BCUT2D eigenvalue weighted by atomic mass is 10.0. The lowest BCUT2D eigenvalue weighted by Crippen LogP contribution is -2.13. The lowest BCUT2D eigenvalue weighted by molar-refractivity contribution is 1.14. The van der Waals surface area contributed by atoms with Crippen LogP contribution in [-0.4, -0.2) is 9.38 Å². The highest BCUT2D eigenvalue weighted by molar-refractivity contribution is 6.13. The Labute approximate surface area is 138 Å². The van der Waals surface area contributed by atoms with Gasteiger partial charge in [-0.15, -0.1) is 0 Å². The van der Waals surface area contributed by atoms with Crippen LogP contribution in [0.5, 0.6) is 0 Å². The predicted molar refractivity (Wildman–Crippen MR) is 97.8 cm³/mol. The van der Waals surface area contributed by atoms with E-state index in [-0.39, 0.29) is 5.43 Å². The van der Waals surface area contributed by atoms with Crippen LogP contribution in [0.25, 0.3) is 38.4 Å². The van der Waals surface area contributed by atoms with Gasteiger partial charge in [-0.2, -0.15) is 0 Å². The highest BCUT2D eigenvalue weighted by atomic mass is 16.1. The molecule has 0 spiro atoms.